The molecule has 0 radical (unpaired) electrons. The first-order valence-electron chi connectivity index (χ1n) is 19.3. The van der Waals surface area contributed by atoms with E-state index in [0.29, 0.717) is 12.8 Å². The Balaban J connectivity index is 4.08. The second-order valence-corrected chi connectivity index (χ2v) is 12.7. The number of ether oxygens (including phenoxy) is 1. The number of esters is 1. The Labute approximate surface area is 284 Å². The average Bonchev–Trinajstić information content (AvgIpc) is 3.04. The summed E-state index contributed by atoms with van der Waals surface area (Å²) >= 11 is 0. The molecule has 1 atom stereocenters. The highest BCUT2D eigenvalue weighted by molar-refractivity contribution is 5.69. The fourth-order valence-corrected chi connectivity index (χ4v) is 5.45. The lowest BCUT2D eigenvalue weighted by Crippen LogP contribution is -2.18. The first kappa shape index (κ1) is 43.6. The van der Waals surface area contributed by atoms with E-state index < -0.39 is 5.97 Å². The third-order valence-electron chi connectivity index (χ3n) is 8.25. The number of allylic oxidation sites excluding steroid dienone is 10. The number of hydrogen-bond donors (Lipinski definition) is 1. The van der Waals surface area contributed by atoms with E-state index in [-0.39, 0.29) is 12.1 Å². The van der Waals surface area contributed by atoms with Crippen molar-refractivity contribution in [1.82, 2.24) is 0 Å². The van der Waals surface area contributed by atoms with Gasteiger partial charge in [0, 0.05) is 12.8 Å². The molecule has 46 heavy (non-hydrogen) atoms. The summed E-state index contributed by atoms with van der Waals surface area (Å²) in [5.74, 6) is -0.701. The molecule has 4 heteroatoms. The fourth-order valence-electron chi connectivity index (χ4n) is 5.45. The van der Waals surface area contributed by atoms with Crippen molar-refractivity contribution < 1.29 is 19.4 Å². The molecule has 1 N–H and O–H groups in total. The van der Waals surface area contributed by atoms with Gasteiger partial charge in [-0.25, -0.2) is 0 Å². The van der Waals surface area contributed by atoms with Crippen LogP contribution in [0, 0.1) is 0 Å². The highest BCUT2D eigenvalue weighted by atomic mass is 16.5. The molecule has 0 aromatic carbocycles. The molecule has 0 spiro atoms. The van der Waals surface area contributed by atoms with E-state index in [9.17, 15) is 9.59 Å². The zero-order valence-corrected chi connectivity index (χ0v) is 30.1. The predicted octanol–water partition coefficient (Wildman–Crippen LogP) is 13.3. The van der Waals surface area contributed by atoms with Gasteiger partial charge in [-0.15, -0.1) is 0 Å². The van der Waals surface area contributed by atoms with Crippen molar-refractivity contribution in [2.24, 2.45) is 0 Å². The highest BCUT2D eigenvalue weighted by Crippen LogP contribution is 2.18. The van der Waals surface area contributed by atoms with E-state index in [1.165, 1.54) is 70.6 Å². The number of carbonyl (C=O) groups excluding carboxylic acids is 1. The molecule has 0 heterocycles. The monoisotopic (exact) mass is 641 g/mol. The van der Waals surface area contributed by atoms with E-state index in [0.717, 1.165) is 89.9 Å². The van der Waals surface area contributed by atoms with Crippen molar-refractivity contribution >= 4 is 11.9 Å². The Hall–Kier alpha value is -2.36. The van der Waals surface area contributed by atoms with Crippen molar-refractivity contribution in [3.8, 4) is 0 Å². The smallest absolute Gasteiger partial charge is 0.306 e. The van der Waals surface area contributed by atoms with Gasteiger partial charge in [-0.1, -0.05) is 158 Å². The summed E-state index contributed by atoms with van der Waals surface area (Å²) in [5, 5.41) is 8.71. The van der Waals surface area contributed by atoms with E-state index in [1.807, 2.05) is 0 Å². The molecule has 0 aliphatic rings. The van der Waals surface area contributed by atoms with Gasteiger partial charge in [0.25, 0.3) is 0 Å². The topological polar surface area (TPSA) is 63.6 Å². The summed E-state index contributed by atoms with van der Waals surface area (Å²) in [4.78, 5) is 23.2. The summed E-state index contributed by atoms with van der Waals surface area (Å²) in [6.07, 6.45) is 51.1. The van der Waals surface area contributed by atoms with Crippen molar-refractivity contribution in [2.75, 3.05) is 0 Å². The summed E-state index contributed by atoms with van der Waals surface area (Å²) in [7, 11) is 0. The van der Waals surface area contributed by atoms with E-state index >= 15 is 0 Å². The van der Waals surface area contributed by atoms with Crippen LogP contribution in [0.2, 0.25) is 0 Å². The molecular formula is C42H72O4. The van der Waals surface area contributed by atoms with E-state index in [1.54, 1.807) is 0 Å². The number of carbonyl (C=O) groups is 2. The minimum absolute atomic E-state index is 0.0216. The van der Waals surface area contributed by atoms with Crippen LogP contribution in [-0.2, 0) is 14.3 Å². The maximum Gasteiger partial charge on any atom is 0.306 e. The lowest BCUT2D eigenvalue weighted by atomic mass is 10.0. The maximum atomic E-state index is 12.6. The van der Waals surface area contributed by atoms with Crippen LogP contribution in [0.3, 0.4) is 0 Å². The van der Waals surface area contributed by atoms with Gasteiger partial charge in [0.2, 0.25) is 0 Å². The Bertz CT molecular complexity index is 820. The van der Waals surface area contributed by atoms with Crippen molar-refractivity contribution in [2.45, 2.75) is 193 Å². The van der Waals surface area contributed by atoms with Crippen LogP contribution >= 0.6 is 0 Å². The van der Waals surface area contributed by atoms with Crippen LogP contribution in [0.15, 0.2) is 60.8 Å². The summed E-state index contributed by atoms with van der Waals surface area (Å²) in [6, 6.07) is 0. The minimum Gasteiger partial charge on any atom is -0.481 e. The molecule has 0 rings (SSSR count). The van der Waals surface area contributed by atoms with Crippen molar-refractivity contribution in [1.29, 1.82) is 0 Å². The molecule has 1 unspecified atom stereocenters. The molecular weight excluding hydrogens is 568 g/mol. The Kier molecular flexibility index (Phi) is 35.2. The van der Waals surface area contributed by atoms with E-state index in [4.69, 9.17) is 9.84 Å². The highest BCUT2D eigenvalue weighted by Gasteiger charge is 2.14. The summed E-state index contributed by atoms with van der Waals surface area (Å²) in [5.41, 5.74) is 0. The van der Waals surface area contributed by atoms with Crippen LogP contribution in [0.1, 0.15) is 187 Å². The zero-order valence-electron chi connectivity index (χ0n) is 30.1. The Morgan fingerprint density at radius 1 is 0.500 bits per heavy atom. The van der Waals surface area contributed by atoms with Crippen LogP contribution in [0.5, 0.6) is 0 Å². The van der Waals surface area contributed by atoms with Gasteiger partial charge in [0.05, 0.1) is 0 Å². The van der Waals surface area contributed by atoms with Crippen LogP contribution in [0.4, 0.5) is 0 Å². The molecule has 0 aliphatic heterocycles. The van der Waals surface area contributed by atoms with Gasteiger partial charge in [-0.3, -0.25) is 9.59 Å². The quantitative estimate of drug-likeness (QED) is 0.0432. The summed E-state index contributed by atoms with van der Waals surface area (Å²) in [6.45, 7) is 4.41. The van der Waals surface area contributed by atoms with Crippen LogP contribution in [-0.4, -0.2) is 23.1 Å². The van der Waals surface area contributed by atoms with Gasteiger partial charge in [0.1, 0.15) is 6.10 Å². The molecule has 264 valence electrons. The van der Waals surface area contributed by atoms with Crippen LogP contribution < -0.4 is 0 Å². The second-order valence-electron chi connectivity index (χ2n) is 12.7. The molecule has 0 aliphatic carbocycles. The SMILES string of the molecule is CC/C=C\C/C=C\C/C=C\C/C=C\C/C=C\CCCC(=O)OC(CCCCCCCC)CCCCCCCCCCCCC(=O)O. The number of carboxylic acids is 1. The third-order valence-corrected chi connectivity index (χ3v) is 8.25. The Morgan fingerprint density at radius 3 is 1.37 bits per heavy atom. The molecule has 0 amide bonds. The maximum absolute atomic E-state index is 12.6. The van der Waals surface area contributed by atoms with Gasteiger partial charge in [-0.2, -0.15) is 0 Å². The average molecular weight is 641 g/mol. The third kappa shape index (κ3) is 36.1. The standard InChI is InChI=1S/C42H72O4/c1-3-5-7-9-11-12-13-14-15-16-17-18-19-24-27-31-35-39-42(45)46-40(36-32-28-10-8-6-4-2)37-33-29-25-22-20-21-23-26-30-34-38-41(43)44/h5,7,11-12,14-15,17-18,24,27,40H,3-4,6,8-10,13,16,19-23,25-26,28-39H2,1-2H3,(H,43,44)/b7-5-,12-11-,15-14-,18-17-,27-24-. The molecule has 0 bridgehead atoms. The molecule has 0 aromatic heterocycles. The Morgan fingerprint density at radius 2 is 0.913 bits per heavy atom. The van der Waals surface area contributed by atoms with Crippen molar-refractivity contribution in [3.63, 3.8) is 0 Å². The van der Waals surface area contributed by atoms with Gasteiger partial charge < -0.3 is 9.84 Å². The first-order valence-corrected chi connectivity index (χ1v) is 19.3. The van der Waals surface area contributed by atoms with Crippen LogP contribution in [0.25, 0.3) is 0 Å². The van der Waals surface area contributed by atoms with Crippen molar-refractivity contribution in [3.05, 3.63) is 60.8 Å². The summed E-state index contributed by atoms with van der Waals surface area (Å²) < 4.78 is 5.99. The molecule has 0 saturated heterocycles. The minimum atomic E-state index is -0.679. The van der Waals surface area contributed by atoms with E-state index in [2.05, 4.69) is 74.6 Å². The number of aliphatic carboxylic acids is 1. The van der Waals surface area contributed by atoms with Gasteiger partial charge in [0.15, 0.2) is 0 Å². The molecule has 4 nitrogen and oxygen atoms in total. The normalized spacial score (nSPS) is 12.9. The lowest BCUT2D eigenvalue weighted by Gasteiger charge is -2.18. The number of unbranched alkanes of at least 4 members (excludes halogenated alkanes) is 15. The number of rotatable bonds is 34. The predicted molar refractivity (Wildman–Crippen MR) is 199 cm³/mol. The zero-order chi connectivity index (χ0) is 33.6. The first-order chi connectivity index (χ1) is 22.6. The molecule has 0 aromatic rings. The largest absolute Gasteiger partial charge is 0.481 e. The number of hydrogen-bond acceptors (Lipinski definition) is 3. The fraction of sp³-hybridized carbons (Fsp3) is 0.714. The molecule has 0 saturated carbocycles. The lowest BCUT2D eigenvalue weighted by molar-refractivity contribution is -0.150. The van der Waals surface area contributed by atoms with Gasteiger partial charge >= 0.3 is 11.9 Å². The number of carboxylic acid groups (broad SMARTS) is 1. The molecule has 0 fully saturated rings. The second kappa shape index (κ2) is 37.1. The van der Waals surface area contributed by atoms with Gasteiger partial charge in [-0.05, 0) is 77.0 Å².